The minimum absolute atomic E-state index is 0. The molecule has 0 rings (SSSR count). The molecule has 0 saturated heterocycles. The summed E-state index contributed by atoms with van der Waals surface area (Å²) in [6.45, 7) is 0. The minimum Gasteiger partial charge on any atom is 0 e. The Morgan fingerprint density at radius 1 is 0.400 bits per heavy atom. The van der Waals surface area contributed by atoms with Gasteiger partial charge in [0.25, 0.3) is 0 Å². The molecule has 27 valence electrons. The summed E-state index contributed by atoms with van der Waals surface area (Å²) in [5.74, 6) is 0. The van der Waals surface area contributed by atoms with Gasteiger partial charge in [-0.05, 0) is 0 Å². The molecule has 0 fully saturated rings. The fraction of sp³-hybridized carbons (Fsp3) is 0. The van der Waals surface area contributed by atoms with Gasteiger partial charge in [-0.2, -0.15) is 0 Å². The number of hydrogen-bond acceptors (Lipinski definition) is 0. The first-order valence-corrected chi connectivity index (χ1v) is 0. The monoisotopic (exact) mass is 765 g/mol. The first kappa shape index (κ1) is 30.4. The van der Waals surface area contributed by atoms with E-state index in [0.29, 0.717) is 0 Å². The van der Waals surface area contributed by atoms with Crippen molar-refractivity contribution >= 4 is 0 Å². The van der Waals surface area contributed by atoms with E-state index in [0.717, 1.165) is 0 Å². The van der Waals surface area contributed by atoms with Crippen molar-refractivity contribution < 1.29 is 186 Å². The summed E-state index contributed by atoms with van der Waals surface area (Å²) in [6.07, 6.45) is 0. The zero-order chi connectivity index (χ0) is 0. The molecular formula is AuNd4. The van der Waals surface area contributed by atoms with Gasteiger partial charge < -0.3 is 0 Å². The maximum absolute atomic E-state index is 0. The summed E-state index contributed by atoms with van der Waals surface area (Å²) >= 11 is 0. The minimum atomic E-state index is 0. The summed E-state index contributed by atoms with van der Waals surface area (Å²) in [7, 11) is 0. The molecule has 0 heterocycles. The second-order valence-corrected chi connectivity index (χ2v) is 0. The van der Waals surface area contributed by atoms with Crippen molar-refractivity contribution in [3.8, 4) is 0 Å². The summed E-state index contributed by atoms with van der Waals surface area (Å²) in [5.41, 5.74) is 0. The molecule has 0 nitrogen and oxygen atoms in total. The van der Waals surface area contributed by atoms with Crippen LogP contribution in [0.5, 0.6) is 0 Å². The molecule has 0 aromatic heterocycles. The normalized spacial score (nSPS) is 0. The molecule has 5 heavy (non-hydrogen) atoms. The smallest absolute Gasteiger partial charge is 0 e. The first-order chi connectivity index (χ1) is 0. The molecule has 1 radical (unpaired) electrons. The maximum Gasteiger partial charge on any atom is 0 e. The van der Waals surface area contributed by atoms with Crippen LogP contribution in [0.25, 0.3) is 0 Å². The molecule has 0 aliphatic carbocycles. The molecule has 0 unspecified atom stereocenters. The molecule has 0 aromatic rings. The average Bonchev–Trinajstić information content (AvgIpc) is 0. The van der Waals surface area contributed by atoms with Gasteiger partial charge in [0.2, 0.25) is 0 Å². The van der Waals surface area contributed by atoms with Crippen LogP contribution in [0.15, 0.2) is 0 Å². The van der Waals surface area contributed by atoms with Crippen LogP contribution in [0.1, 0.15) is 0 Å². The fourth-order valence-electron chi connectivity index (χ4n) is 0. The number of hydrogen-bond donors (Lipinski definition) is 0. The second-order valence-electron chi connectivity index (χ2n) is 0. The summed E-state index contributed by atoms with van der Waals surface area (Å²) in [6, 6.07) is 0. The Morgan fingerprint density at radius 2 is 0.400 bits per heavy atom. The van der Waals surface area contributed by atoms with Crippen molar-refractivity contribution in [2.45, 2.75) is 0 Å². The van der Waals surface area contributed by atoms with Crippen LogP contribution < -0.4 is 0 Å². The van der Waals surface area contributed by atoms with Crippen molar-refractivity contribution in [2.24, 2.45) is 0 Å². The van der Waals surface area contributed by atoms with Crippen LogP contribution in [0, 0.1) is 163 Å². The van der Waals surface area contributed by atoms with E-state index < -0.39 is 0 Å². The van der Waals surface area contributed by atoms with Gasteiger partial charge in [0, 0.05) is 186 Å². The standard InChI is InChI=1S/Au.4Nd. The Kier molecular flexibility index (Phi) is 137. The Labute approximate surface area is 179 Å². The zero-order valence-electron chi connectivity index (χ0n) is 2.30. The van der Waals surface area contributed by atoms with Gasteiger partial charge in [-0.3, -0.25) is 0 Å². The van der Waals surface area contributed by atoms with E-state index >= 15 is 0 Å². The third-order valence-electron chi connectivity index (χ3n) is 0. The van der Waals surface area contributed by atoms with Gasteiger partial charge in [-0.25, -0.2) is 0 Å². The predicted octanol–water partition coefficient (Wildman–Crippen LogP) is -0.00250. The topological polar surface area (TPSA) is 0 Å². The van der Waals surface area contributed by atoms with E-state index in [9.17, 15) is 0 Å². The fourth-order valence-corrected chi connectivity index (χ4v) is 0. The van der Waals surface area contributed by atoms with E-state index in [1.54, 1.807) is 0 Å². The zero-order valence-corrected chi connectivity index (χ0v) is 17.3. The second kappa shape index (κ2) is 22.5. The van der Waals surface area contributed by atoms with Crippen molar-refractivity contribution in [1.82, 2.24) is 0 Å². The van der Waals surface area contributed by atoms with E-state index in [1.165, 1.54) is 0 Å². The van der Waals surface area contributed by atoms with E-state index in [-0.39, 0.29) is 186 Å². The van der Waals surface area contributed by atoms with Crippen molar-refractivity contribution in [1.29, 1.82) is 0 Å². The van der Waals surface area contributed by atoms with Crippen molar-refractivity contribution in [3.05, 3.63) is 0 Å². The largest absolute Gasteiger partial charge is 0 e. The van der Waals surface area contributed by atoms with Gasteiger partial charge in [0.05, 0.1) is 0 Å². The van der Waals surface area contributed by atoms with Crippen molar-refractivity contribution in [3.63, 3.8) is 0 Å². The summed E-state index contributed by atoms with van der Waals surface area (Å²) in [5, 5.41) is 0. The van der Waals surface area contributed by atoms with Gasteiger partial charge in [-0.1, -0.05) is 0 Å². The van der Waals surface area contributed by atoms with Crippen LogP contribution >= 0.6 is 0 Å². The van der Waals surface area contributed by atoms with Gasteiger partial charge in [0.15, 0.2) is 0 Å². The van der Waals surface area contributed by atoms with Crippen LogP contribution in [-0.2, 0) is 22.4 Å². The Hall–Kier alpha value is 6.14. The molecule has 0 saturated carbocycles. The van der Waals surface area contributed by atoms with Gasteiger partial charge >= 0.3 is 0 Å². The van der Waals surface area contributed by atoms with Gasteiger partial charge in [0.1, 0.15) is 0 Å². The van der Waals surface area contributed by atoms with Crippen LogP contribution in [-0.4, -0.2) is 0 Å². The first-order valence-electron chi connectivity index (χ1n) is 0. The van der Waals surface area contributed by atoms with E-state index in [1.807, 2.05) is 0 Å². The van der Waals surface area contributed by atoms with Crippen LogP contribution in [0.3, 0.4) is 0 Å². The molecular weight excluding hydrogens is 774 g/mol. The predicted molar refractivity (Wildman–Crippen MR) is 0 cm³/mol. The van der Waals surface area contributed by atoms with E-state index in [4.69, 9.17) is 0 Å². The SMILES string of the molecule is [Au].[Nd].[Nd].[Nd].[Nd]. The summed E-state index contributed by atoms with van der Waals surface area (Å²) in [4.78, 5) is 0. The summed E-state index contributed by atoms with van der Waals surface area (Å²) < 4.78 is 0. The third kappa shape index (κ3) is 17.8. The molecule has 0 spiro atoms. The molecule has 0 N–H and O–H groups in total. The molecule has 0 aliphatic rings. The third-order valence-corrected chi connectivity index (χ3v) is 0. The van der Waals surface area contributed by atoms with Crippen LogP contribution in [0.4, 0.5) is 0 Å². The maximum atomic E-state index is 0. The quantitative estimate of drug-likeness (QED) is 0.305. The molecule has 0 aromatic carbocycles. The van der Waals surface area contributed by atoms with Crippen LogP contribution in [0.2, 0.25) is 0 Å². The molecule has 5 heteroatoms. The van der Waals surface area contributed by atoms with Crippen molar-refractivity contribution in [2.75, 3.05) is 0 Å². The van der Waals surface area contributed by atoms with E-state index in [2.05, 4.69) is 0 Å². The number of rotatable bonds is 0. The Balaban J connectivity index is 0. The molecule has 0 amide bonds. The Bertz CT molecular complexity index is 3.61. The molecule has 0 atom stereocenters. The van der Waals surface area contributed by atoms with Gasteiger partial charge in [-0.15, -0.1) is 0 Å². The molecule has 0 bridgehead atoms. The Morgan fingerprint density at radius 3 is 0.400 bits per heavy atom. The molecule has 0 aliphatic heterocycles. The average molecular weight is 774 g/mol.